The van der Waals surface area contributed by atoms with E-state index < -0.39 is 0 Å². The molecule has 1 aromatic heterocycles. The molecule has 2 rings (SSSR count). The maximum Gasteiger partial charge on any atom is 0.108 e. The predicted octanol–water partition coefficient (Wildman–Crippen LogP) is 3.03. The minimum atomic E-state index is 0.701. The first-order valence-electron chi connectivity index (χ1n) is 3.97. The monoisotopic (exact) mass is 236 g/mol. The largest absolute Gasteiger partial charge is 0.385 e. The fourth-order valence-electron chi connectivity index (χ4n) is 1.30. The predicted molar refractivity (Wildman–Crippen MR) is 58.3 cm³/mol. The van der Waals surface area contributed by atoms with Crippen molar-refractivity contribution in [2.45, 2.75) is 0 Å². The van der Waals surface area contributed by atoms with Crippen LogP contribution in [0.3, 0.4) is 0 Å². The number of benzene rings is 1. The minimum absolute atomic E-state index is 0.701. The van der Waals surface area contributed by atoms with Gasteiger partial charge >= 0.3 is 0 Å². The van der Waals surface area contributed by atoms with Gasteiger partial charge in [0.1, 0.15) is 5.82 Å². The number of halogens is 1. The molecule has 1 aromatic carbocycles. The average Bonchev–Trinajstić information content (AvgIpc) is 2.52. The Labute approximate surface area is 84.9 Å². The van der Waals surface area contributed by atoms with Gasteiger partial charge in [-0.05, 0) is 17.7 Å². The third-order valence-corrected chi connectivity index (χ3v) is 2.63. The summed E-state index contributed by atoms with van der Waals surface area (Å²) in [6.07, 6.45) is 1.84. The number of H-pyrrole nitrogens is 1. The third kappa shape index (κ3) is 1.47. The van der Waals surface area contributed by atoms with Gasteiger partial charge in [0.05, 0.1) is 0 Å². The van der Waals surface area contributed by atoms with Gasteiger partial charge in [0, 0.05) is 16.2 Å². The first kappa shape index (κ1) is 8.38. The first-order chi connectivity index (χ1) is 6.29. The van der Waals surface area contributed by atoms with Crippen LogP contribution in [0, 0.1) is 0 Å². The van der Waals surface area contributed by atoms with E-state index in [1.54, 1.807) is 0 Å². The van der Waals surface area contributed by atoms with Crippen molar-refractivity contribution in [1.82, 2.24) is 4.98 Å². The molecule has 0 fully saturated rings. The lowest BCUT2D eigenvalue weighted by Crippen LogP contribution is -1.87. The molecule has 0 saturated heterocycles. The van der Waals surface area contributed by atoms with Crippen LogP contribution in [0.2, 0.25) is 0 Å². The van der Waals surface area contributed by atoms with Gasteiger partial charge in [-0.3, -0.25) is 0 Å². The summed E-state index contributed by atoms with van der Waals surface area (Å²) in [5.74, 6) is 0.701. The second-order valence-corrected chi connectivity index (χ2v) is 3.64. The summed E-state index contributed by atoms with van der Waals surface area (Å²) in [5.41, 5.74) is 7.91. The molecular formula is C10H9BrN2. The Morgan fingerprint density at radius 2 is 1.85 bits per heavy atom. The standard InChI is InChI=1S/C10H9BrN2/c11-9-4-2-1-3-7(9)8-5-6-13-10(8)12/h1-6,13H,12H2. The molecule has 3 N–H and O–H groups in total. The van der Waals surface area contributed by atoms with E-state index in [0.29, 0.717) is 5.82 Å². The topological polar surface area (TPSA) is 41.8 Å². The zero-order valence-electron chi connectivity index (χ0n) is 6.92. The maximum atomic E-state index is 5.77. The molecule has 66 valence electrons. The Morgan fingerprint density at radius 3 is 2.46 bits per heavy atom. The number of aromatic nitrogens is 1. The van der Waals surface area contributed by atoms with Crippen molar-refractivity contribution in [2.24, 2.45) is 0 Å². The molecule has 1 heterocycles. The first-order valence-corrected chi connectivity index (χ1v) is 4.76. The molecule has 0 amide bonds. The van der Waals surface area contributed by atoms with Crippen molar-refractivity contribution < 1.29 is 0 Å². The van der Waals surface area contributed by atoms with Crippen molar-refractivity contribution in [2.75, 3.05) is 5.73 Å². The van der Waals surface area contributed by atoms with Crippen LogP contribution >= 0.6 is 15.9 Å². The summed E-state index contributed by atoms with van der Waals surface area (Å²) in [5, 5.41) is 0. The highest BCUT2D eigenvalue weighted by Crippen LogP contribution is 2.30. The van der Waals surface area contributed by atoms with Gasteiger partial charge in [0.25, 0.3) is 0 Å². The molecule has 0 saturated carbocycles. The zero-order chi connectivity index (χ0) is 9.26. The Morgan fingerprint density at radius 1 is 1.08 bits per heavy atom. The van der Waals surface area contributed by atoms with Crippen molar-refractivity contribution in [3.63, 3.8) is 0 Å². The summed E-state index contributed by atoms with van der Waals surface area (Å²) >= 11 is 3.48. The van der Waals surface area contributed by atoms with Gasteiger partial charge < -0.3 is 10.7 Å². The van der Waals surface area contributed by atoms with Gasteiger partial charge in [-0.1, -0.05) is 34.1 Å². The van der Waals surface area contributed by atoms with Crippen LogP contribution in [-0.2, 0) is 0 Å². The Kier molecular flexibility index (Phi) is 2.10. The molecule has 0 radical (unpaired) electrons. The van der Waals surface area contributed by atoms with Gasteiger partial charge in [0.2, 0.25) is 0 Å². The highest BCUT2D eigenvalue weighted by molar-refractivity contribution is 9.10. The average molecular weight is 237 g/mol. The summed E-state index contributed by atoms with van der Waals surface area (Å²) in [7, 11) is 0. The van der Waals surface area contributed by atoms with Crippen LogP contribution in [-0.4, -0.2) is 4.98 Å². The minimum Gasteiger partial charge on any atom is -0.385 e. The lowest BCUT2D eigenvalue weighted by molar-refractivity contribution is 1.41. The number of hydrogen-bond acceptors (Lipinski definition) is 1. The van der Waals surface area contributed by atoms with E-state index in [4.69, 9.17) is 5.73 Å². The van der Waals surface area contributed by atoms with Crippen LogP contribution < -0.4 is 5.73 Å². The second kappa shape index (κ2) is 3.26. The smallest absolute Gasteiger partial charge is 0.108 e. The second-order valence-electron chi connectivity index (χ2n) is 2.78. The van der Waals surface area contributed by atoms with Crippen LogP contribution in [0.25, 0.3) is 11.1 Å². The van der Waals surface area contributed by atoms with Crippen molar-refractivity contribution in [3.05, 3.63) is 41.0 Å². The van der Waals surface area contributed by atoms with Crippen molar-refractivity contribution in [1.29, 1.82) is 0 Å². The summed E-state index contributed by atoms with van der Waals surface area (Å²) in [6, 6.07) is 9.98. The van der Waals surface area contributed by atoms with Gasteiger partial charge in [-0.2, -0.15) is 0 Å². The molecule has 3 heteroatoms. The third-order valence-electron chi connectivity index (χ3n) is 1.94. The lowest BCUT2D eigenvalue weighted by atomic mass is 10.1. The SMILES string of the molecule is Nc1[nH]ccc1-c1ccccc1Br. The van der Waals surface area contributed by atoms with E-state index in [2.05, 4.69) is 20.9 Å². The van der Waals surface area contributed by atoms with Crippen LogP contribution in [0.1, 0.15) is 0 Å². The molecule has 0 bridgehead atoms. The lowest BCUT2D eigenvalue weighted by Gasteiger charge is -2.02. The number of nitrogen functional groups attached to an aromatic ring is 1. The normalized spacial score (nSPS) is 10.2. The Hall–Kier alpha value is -1.22. The maximum absolute atomic E-state index is 5.77. The number of anilines is 1. The molecule has 2 aromatic rings. The zero-order valence-corrected chi connectivity index (χ0v) is 8.51. The van der Waals surface area contributed by atoms with Crippen LogP contribution in [0.5, 0.6) is 0 Å². The van der Waals surface area contributed by atoms with Crippen LogP contribution in [0.15, 0.2) is 41.0 Å². The molecule has 0 aliphatic carbocycles. The Bertz CT molecular complexity index is 420. The van der Waals surface area contributed by atoms with E-state index in [9.17, 15) is 0 Å². The van der Waals surface area contributed by atoms with E-state index >= 15 is 0 Å². The summed E-state index contributed by atoms with van der Waals surface area (Å²) in [4.78, 5) is 2.95. The highest BCUT2D eigenvalue weighted by Gasteiger charge is 2.05. The molecule has 0 atom stereocenters. The fraction of sp³-hybridized carbons (Fsp3) is 0. The Balaban J connectivity index is 2.59. The van der Waals surface area contributed by atoms with Gasteiger partial charge in [-0.25, -0.2) is 0 Å². The van der Waals surface area contributed by atoms with Crippen LogP contribution in [0.4, 0.5) is 5.82 Å². The molecule has 0 spiro atoms. The fourth-order valence-corrected chi connectivity index (χ4v) is 1.80. The summed E-state index contributed by atoms with van der Waals surface area (Å²) < 4.78 is 1.06. The van der Waals surface area contributed by atoms with E-state index in [1.807, 2.05) is 36.5 Å². The number of aromatic amines is 1. The quantitative estimate of drug-likeness (QED) is 0.786. The van der Waals surface area contributed by atoms with E-state index in [-0.39, 0.29) is 0 Å². The van der Waals surface area contributed by atoms with Crippen molar-refractivity contribution in [3.8, 4) is 11.1 Å². The highest BCUT2D eigenvalue weighted by atomic mass is 79.9. The molecular weight excluding hydrogens is 228 g/mol. The number of nitrogens with two attached hydrogens (primary N) is 1. The van der Waals surface area contributed by atoms with E-state index in [1.165, 1.54) is 0 Å². The number of hydrogen-bond donors (Lipinski definition) is 2. The molecule has 0 unspecified atom stereocenters. The van der Waals surface area contributed by atoms with Gasteiger partial charge in [-0.15, -0.1) is 0 Å². The molecule has 13 heavy (non-hydrogen) atoms. The number of rotatable bonds is 1. The molecule has 0 aliphatic rings. The van der Waals surface area contributed by atoms with Gasteiger partial charge in [0.15, 0.2) is 0 Å². The van der Waals surface area contributed by atoms with Crippen molar-refractivity contribution >= 4 is 21.7 Å². The van der Waals surface area contributed by atoms with E-state index in [0.717, 1.165) is 15.6 Å². The molecule has 2 nitrogen and oxygen atoms in total. The summed E-state index contributed by atoms with van der Waals surface area (Å²) in [6.45, 7) is 0. The number of nitrogens with one attached hydrogen (secondary N) is 1. The molecule has 0 aliphatic heterocycles.